The van der Waals surface area contributed by atoms with E-state index in [0.717, 1.165) is 17.9 Å². The predicted molar refractivity (Wildman–Crippen MR) is 96.7 cm³/mol. The number of hydrogen-bond donors (Lipinski definition) is 0. The molecule has 2 aromatic rings. The van der Waals surface area contributed by atoms with E-state index in [2.05, 4.69) is 4.90 Å². The average Bonchev–Trinajstić information content (AvgIpc) is 2.84. The van der Waals surface area contributed by atoms with Crippen molar-refractivity contribution >= 4 is 11.6 Å². The maximum Gasteiger partial charge on any atom is 0.173 e. The molecule has 0 saturated carbocycles. The lowest BCUT2D eigenvalue weighted by Gasteiger charge is -2.19. The second-order valence-electron chi connectivity index (χ2n) is 6.55. The van der Waals surface area contributed by atoms with Gasteiger partial charge in [-0.3, -0.25) is 14.5 Å². The van der Waals surface area contributed by atoms with Gasteiger partial charge in [0.2, 0.25) is 0 Å². The van der Waals surface area contributed by atoms with Crippen molar-refractivity contribution in [2.45, 2.75) is 19.4 Å². The van der Waals surface area contributed by atoms with Crippen molar-refractivity contribution in [3.63, 3.8) is 0 Å². The molecule has 0 N–H and O–H groups in total. The SMILES string of the molecule is COc1ccc(CN2CCC(=O)C(C(=O)c3ccc(F)cc3)CC2)cc1. The van der Waals surface area contributed by atoms with Gasteiger partial charge in [-0.2, -0.15) is 0 Å². The Bertz CT molecular complexity index is 771. The maximum absolute atomic E-state index is 13.0. The molecule has 1 fully saturated rings. The van der Waals surface area contributed by atoms with Gasteiger partial charge in [0.25, 0.3) is 0 Å². The van der Waals surface area contributed by atoms with E-state index in [1.165, 1.54) is 24.3 Å². The molecule has 2 aromatic carbocycles. The molecule has 5 heteroatoms. The normalized spacial score (nSPS) is 18.4. The molecular formula is C21H22FNO3. The molecule has 0 radical (unpaired) electrons. The fourth-order valence-corrected chi connectivity index (χ4v) is 3.27. The minimum Gasteiger partial charge on any atom is -0.497 e. The molecule has 3 rings (SSSR count). The molecule has 26 heavy (non-hydrogen) atoms. The van der Waals surface area contributed by atoms with Gasteiger partial charge >= 0.3 is 0 Å². The van der Waals surface area contributed by atoms with Crippen LogP contribution in [0.3, 0.4) is 0 Å². The van der Waals surface area contributed by atoms with Crippen molar-refractivity contribution in [3.8, 4) is 5.75 Å². The summed E-state index contributed by atoms with van der Waals surface area (Å²) in [5, 5.41) is 0. The predicted octanol–water partition coefficient (Wildman–Crippen LogP) is 3.50. The number of halogens is 1. The maximum atomic E-state index is 13.0. The Kier molecular flexibility index (Phi) is 5.78. The van der Waals surface area contributed by atoms with E-state index in [-0.39, 0.29) is 17.4 Å². The van der Waals surface area contributed by atoms with Crippen LogP contribution >= 0.6 is 0 Å². The highest BCUT2D eigenvalue weighted by atomic mass is 19.1. The van der Waals surface area contributed by atoms with Crippen molar-refractivity contribution in [1.29, 1.82) is 0 Å². The summed E-state index contributed by atoms with van der Waals surface area (Å²) in [6.07, 6.45) is 0.846. The zero-order valence-corrected chi connectivity index (χ0v) is 14.8. The topological polar surface area (TPSA) is 46.6 Å². The van der Waals surface area contributed by atoms with Crippen LogP contribution in [-0.4, -0.2) is 36.7 Å². The monoisotopic (exact) mass is 355 g/mol. The molecule has 1 atom stereocenters. The number of benzene rings is 2. The molecule has 1 aliphatic rings. The van der Waals surface area contributed by atoms with E-state index in [1.807, 2.05) is 24.3 Å². The lowest BCUT2D eigenvalue weighted by atomic mass is 9.90. The van der Waals surface area contributed by atoms with Gasteiger partial charge in [0.15, 0.2) is 5.78 Å². The number of carbonyl (C=O) groups is 2. The minimum atomic E-state index is -0.638. The quantitative estimate of drug-likeness (QED) is 0.608. The number of likely N-dealkylation sites (tertiary alicyclic amines) is 1. The minimum absolute atomic E-state index is 0.0310. The van der Waals surface area contributed by atoms with Gasteiger partial charge in [-0.25, -0.2) is 4.39 Å². The first-order valence-corrected chi connectivity index (χ1v) is 8.74. The summed E-state index contributed by atoms with van der Waals surface area (Å²) < 4.78 is 18.2. The molecule has 1 heterocycles. The number of ketones is 2. The van der Waals surface area contributed by atoms with Crippen LogP contribution in [0.2, 0.25) is 0 Å². The van der Waals surface area contributed by atoms with Gasteiger partial charge in [-0.1, -0.05) is 12.1 Å². The van der Waals surface area contributed by atoms with Gasteiger partial charge in [0.1, 0.15) is 17.3 Å². The third kappa shape index (κ3) is 4.35. The number of Topliss-reactive ketones (excluding diaryl/α,β-unsaturated/α-hetero) is 2. The van der Waals surface area contributed by atoms with E-state index in [1.54, 1.807) is 7.11 Å². The van der Waals surface area contributed by atoms with Crippen molar-refractivity contribution in [2.24, 2.45) is 5.92 Å². The van der Waals surface area contributed by atoms with E-state index in [0.29, 0.717) is 31.5 Å². The Hall–Kier alpha value is -2.53. The molecule has 1 saturated heterocycles. The Morgan fingerprint density at radius 1 is 1.12 bits per heavy atom. The van der Waals surface area contributed by atoms with Crippen molar-refractivity contribution in [3.05, 3.63) is 65.5 Å². The smallest absolute Gasteiger partial charge is 0.173 e. The molecule has 0 aliphatic carbocycles. The standard InChI is InChI=1S/C21H22FNO3/c1-26-18-8-2-15(3-9-18)14-23-12-10-19(20(24)11-13-23)21(25)16-4-6-17(22)7-5-16/h2-9,19H,10-14H2,1H3. The van der Waals surface area contributed by atoms with Crippen LogP contribution < -0.4 is 4.74 Å². The average molecular weight is 355 g/mol. The number of hydrogen-bond acceptors (Lipinski definition) is 4. The van der Waals surface area contributed by atoms with Gasteiger partial charge in [0.05, 0.1) is 13.0 Å². The summed E-state index contributed by atoms with van der Waals surface area (Å²) in [5.41, 5.74) is 1.54. The summed E-state index contributed by atoms with van der Waals surface area (Å²) in [5.74, 6) is -0.455. The molecule has 0 spiro atoms. The Labute approximate surface area is 152 Å². The lowest BCUT2D eigenvalue weighted by Crippen LogP contribution is -2.25. The molecule has 136 valence electrons. The number of nitrogens with zero attached hydrogens (tertiary/aromatic N) is 1. The highest BCUT2D eigenvalue weighted by molar-refractivity contribution is 6.10. The fourth-order valence-electron chi connectivity index (χ4n) is 3.27. The summed E-state index contributed by atoms with van der Waals surface area (Å²) in [4.78, 5) is 27.3. The number of carbonyl (C=O) groups excluding carboxylic acids is 2. The summed E-state index contributed by atoms with van der Waals surface area (Å²) in [7, 11) is 1.63. The first-order valence-electron chi connectivity index (χ1n) is 8.74. The van der Waals surface area contributed by atoms with Crippen LogP contribution in [-0.2, 0) is 11.3 Å². The zero-order valence-electron chi connectivity index (χ0n) is 14.8. The largest absolute Gasteiger partial charge is 0.497 e. The van der Waals surface area contributed by atoms with Gasteiger partial charge in [-0.15, -0.1) is 0 Å². The third-order valence-corrected chi connectivity index (χ3v) is 4.81. The van der Waals surface area contributed by atoms with Crippen molar-refractivity contribution in [2.75, 3.05) is 20.2 Å². The molecule has 1 unspecified atom stereocenters. The Morgan fingerprint density at radius 2 is 1.81 bits per heavy atom. The van der Waals surface area contributed by atoms with Crippen LogP contribution in [0.1, 0.15) is 28.8 Å². The van der Waals surface area contributed by atoms with Crippen LogP contribution in [0.5, 0.6) is 5.75 Å². The molecule has 4 nitrogen and oxygen atoms in total. The first-order chi connectivity index (χ1) is 12.6. The number of ether oxygens (including phenoxy) is 1. The third-order valence-electron chi connectivity index (χ3n) is 4.81. The summed E-state index contributed by atoms with van der Waals surface area (Å²) in [6.45, 7) is 2.04. The van der Waals surface area contributed by atoms with Gasteiger partial charge < -0.3 is 4.74 Å². The number of rotatable bonds is 5. The molecule has 1 aliphatic heterocycles. The Morgan fingerprint density at radius 3 is 2.46 bits per heavy atom. The molecule has 0 aromatic heterocycles. The van der Waals surface area contributed by atoms with Crippen LogP contribution in [0, 0.1) is 11.7 Å². The van der Waals surface area contributed by atoms with E-state index in [9.17, 15) is 14.0 Å². The van der Waals surface area contributed by atoms with Crippen LogP contribution in [0.25, 0.3) is 0 Å². The van der Waals surface area contributed by atoms with Gasteiger partial charge in [-0.05, 0) is 54.9 Å². The van der Waals surface area contributed by atoms with Crippen LogP contribution in [0.4, 0.5) is 4.39 Å². The summed E-state index contributed by atoms with van der Waals surface area (Å²) >= 11 is 0. The highest BCUT2D eigenvalue weighted by Crippen LogP contribution is 2.21. The lowest BCUT2D eigenvalue weighted by molar-refractivity contribution is -0.121. The van der Waals surface area contributed by atoms with E-state index < -0.39 is 5.92 Å². The van der Waals surface area contributed by atoms with Crippen LogP contribution in [0.15, 0.2) is 48.5 Å². The fraction of sp³-hybridized carbons (Fsp3) is 0.333. The van der Waals surface area contributed by atoms with Gasteiger partial charge in [0, 0.05) is 25.1 Å². The highest BCUT2D eigenvalue weighted by Gasteiger charge is 2.30. The Balaban J connectivity index is 1.64. The molecular weight excluding hydrogens is 333 g/mol. The van der Waals surface area contributed by atoms with E-state index in [4.69, 9.17) is 4.74 Å². The molecule has 0 amide bonds. The summed E-state index contributed by atoms with van der Waals surface area (Å²) in [6, 6.07) is 13.3. The van der Waals surface area contributed by atoms with Crippen molar-refractivity contribution < 1.29 is 18.7 Å². The number of methoxy groups -OCH3 is 1. The second-order valence-corrected chi connectivity index (χ2v) is 6.55. The zero-order chi connectivity index (χ0) is 18.5. The van der Waals surface area contributed by atoms with Crippen molar-refractivity contribution in [1.82, 2.24) is 4.90 Å². The molecule has 0 bridgehead atoms. The first kappa shape index (κ1) is 18.3. The second kappa shape index (κ2) is 8.23. The van der Waals surface area contributed by atoms with E-state index >= 15 is 0 Å².